The zero-order valence-corrected chi connectivity index (χ0v) is 12.6. The average molecular weight is 296 g/mol. The molecule has 0 saturated carbocycles. The lowest BCUT2D eigenvalue weighted by Crippen LogP contribution is -2.51. The second-order valence-corrected chi connectivity index (χ2v) is 6.65. The van der Waals surface area contributed by atoms with Crippen LogP contribution in [0.2, 0.25) is 0 Å². The average Bonchev–Trinajstić information content (AvgIpc) is 3.02. The van der Waals surface area contributed by atoms with Crippen molar-refractivity contribution in [2.75, 3.05) is 0 Å². The maximum atomic E-state index is 6.09. The van der Waals surface area contributed by atoms with E-state index in [1.54, 1.807) is 12.5 Å². The molecule has 0 radical (unpaired) electrons. The van der Waals surface area contributed by atoms with Crippen molar-refractivity contribution in [1.29, 1.82) is 0 Å². The first-order valence-electron chi connectivity index (χ1n) is 7.23. The molecular weight excluding hydrogens is 276 g/mol. The molecule has 0 N–H and O–H groups in total. The summed E-state index contributed by atoms with van der Waals surface area (Å²) in [4.78, 5) is 0. The normalized spacial score (nSPS) is 43.5. The molecule has 4 rings (SSSR count). The van der Waals surface area contributed by atoms with Crippen LogP contribution < -0.4 is 0 Å². The third-order valence-corrected chi connectivity index (χ3v) is 4.03. The first-order chi connectivity index (χ1) is 9.85. The molecule has 3 fully saturated rings. The monoisotopic (exact) mass is 296 g/mol. The van der Waals surface area contributed by atoms with Crippen molar-refractivity contribution in [1.82, 2.24) is 0 Å². The predicted molar refractivity (Wildman–Crippen MR) is 70.2 cm³/mol. The van der Waals surface area contributed by atoms with Crippen LogP contribution in [-0.2, 0) is 23.7 Å². The van der Waals surface area contributed by atoms with Crippen LogP contribution in [0.5, 0.6) is 0 Å². The van der Waals surface area contributed by atoms with Gasteiger partial charge in [0.2, 0.25) is 0 Å². The van der Waals surface area contributed by atoms with Crippen molar-refractivity contribution < 1.29 is 28.1 Å². The summed E-state index contributed by atoms with van der Waals surface area (Å²) in [6, 6.07) is 1.87. The molecule has 0 aliphatic carbocycles. The number of rotatable bonds is 1. The first-order valence-corrected chi connectivity index (χ1v) is 7.23. The summed E-state index contributed by atoms with van der Waals surface area (Å²) < 4.78 is 35.1. The Hall–Kier alpha value is -0.920. The molecule has 21 heavy (non-hydrogen) atoms. The second kappa shape index (κ2) is 4.30. The van der Waals surface area contributed by atoms with Gasteiger partial charge in [-0.1, -0.05) is 0 Å². The fourth-order valence-corrected chi connectivity index (χ4v) is 3.32. The van der Waals surface area contributed by atoms with Crippen molar-refractivity contribution in [3.8, 4) is 0 Å². The molecule has 0 unspecified atom stereocenters. The van der Waals surface area contributed by atoms with Crippen LogP contribution in [-0.4, -0.2) is 36.2 Å². The number of hydrogen-bond acceptors (Lipinski definition) is 6. The highest BCUT2D eigenvalue weighted by Crippen LogP contribution is 2.48. The van der Waals surface area contributed by atoms with Gasteiger partial charge in [0.1, 0.15) is 24.4 Å². The third kappa shape index (κ3) is 2.22. The van der Waals surface area contributed by atoms with E-state index in [-0.39, 0.29) is 24.4 Å². The van der Waals surface area contributed by atoms with Gasteiger partial charge in [-0.25, -0.2) is 0 Å². The summed E-state index contributed by atoms with van der Waals surface area (Å²) in [7, 11) is 0. The molecule has 6 nitrogen and oxygen atoms in total. The van der Waals surface area contributed by atoms with Crippen LogP contribution in [0.15, 0.2) is 23.0 Å². The zero-order valence-electron chi connectivity index (χ0n) is 12.6. The number of furan rings is 1. The molecule has 4 heterocycles. The van der Waals surface area contributed by atoms with Gasteiger partial charge in [0.05, 0.1) is 12.5 Å². The molecule has 3 saturated heterocycles. The Kier molecular flexibility index (Phi) is 2.81. The first kappa shape index (κ1) is 13.7. The van der Waals surface area contributed by atoms with Crippen molar-refractivity contribution in [2.45, 2.75) is 70.0 Å². The summed E-state index contributed by atoms with van der Waals surface area (Å²) in [6.45, 7) is 7.54. The fourth-order valence-electron chi connectivity index (χ4n) is 3.32. The molecule has 5 atom stereocenters. The van der Waals surface area contributed by atoms with Crippen molar-refractivity contribution in [3.05, 3.63) is 24.2 Å². The molecular formula is C15H20O6. The highest BCUT2D eigenvalue weighted by atomic mass is 16.9. The summed E-state index contributed by atoms with van der Waals surface area (Å²) >= 11 is 0. The fraction of sp³-hybridized carbons (Fsp3) is 0.733. The predicted octanol–water partition coefficient (Wildman–Crippen LogP) is 2.35. The molecule has 3 aliphatic rings. The smallest absolute Gasteiger partial charge is 0.190 e. The molecule has 0 bridgehead atoms. The molecule has 6 heteroatoms. The Morgan fingerprint density at radius 1 is 0.857 bits per heavy atom. The minimum absolute atomic E-state index is 0.236. The second-order valence-electron chi connectivity index (χ2n) is 6.65. The van der Waals surface area contributed by atoms with Gasteiger partial charge in [0.25, 0.3) is 0 Å². The van der Waals surface area contributed by atoms with E-state index < -0.39 is 17.9 Å². The Morgan fingerprint density at radius 3 is 2.24 bits per heavy atom. The number of ether oxygens (including phenoxy) is 5. The Morgan fingerprint density at radius 2 is 1.52 bits per heavy atom. The molecule has 3 aliphatic heterocycles. The van der Waals surface area contributed by atoms with Crippen molar-refractivity contribution in [2.24, 2.45) is 0 Å². The van der Waals surface area contributed by atoms with Gasteiger partial charge in [-0.2, -0.15) is 0 Å². The summed E-state index contributed by atoms with van der Waals surface area (Å²) in [5, 5.41) is 0. The molecule has 1 aromatic heterocycles. The van der Waals surface area contributed by atoms with E-state index in [1.165, 1.54) is 0 Å². The minimum Gasteiger partial charge on any atom is -0.472 e. The van der Waals surface area contributed by atoms with E-state index in [0.29, 0.717) is 0 Å². The number of fused-ring (bicyclic) bond motifs is 3. The Labute approximate surface area is 123 Å². The van der Waals surface area contributed by atoms with Gasteiger partial charge >= 0.3 is 0 Å². The lowest BCUT2D eigenvalue weighted by Gasteiger charge is -2.36. The van der Waals surface area contributed by atoms with Crippen LogP contribution in [0.25, 0.3) is 0 Å². The van der Waals surface area contributed by atoms with Crippen LogP contribution in [0.1, 0.15) is 39.4 Å². The van der Waals surface area contributed by atoms with E-state index in [4.69, 9.17) is 28.1 Å². The quantitative estimate of drug-likeness (QED) is 0.793. The lowest BCUT2D eigenvalue weighted by molar-refractivity contribution is -0.236. The topological polar surface area (TPSA) is 59.3 Å². The minimum atomic E-state index is -0.693. The van der Waals surface area contributed by atoms with E-state index in [0.717, 1.165) is 5.56 Å². The molecule has 1 aromatic rings. The van der Waals surface area contributed by atoms with Crippen molar-refractivity contribution >= 4 is 0 Å². The van der Waals surface area contributed by atoms with Gasteiger partial charge in [-0.3, -0.25) is 0 Å². The molecule has 0 amide bonds. The number of hydrogen-bond donors (Lipinski definition) is 0. The molecule has 0 aromatic carbocycles. The van der Waals surface area contributed by atoms with E-state index in [9.17, 15) is 0 Å². The van der Waals surface area contributed by atoms with Gasteiger partial charge in [0.15, 0.2) is 17.9 Å². The van der Waals surface area contributed by atoms with Gasteiger partial charge < -0.3 is 28.1 Å². The Balaban J connectivity index is 1.69. The van der Waals surface area contributed by atoms with Crippen LogP contribution in [0.3, 0.4) is 0 Å². The largest absolute Gasteiger partial charge is 0.472 e. The van der Waals surface area contributed by atoms with E-state index in [1.807, 2.05) is 33.8 Å². The van der Waals surface area contributed by atoms with Gasteiger partial charge in [-0.05, 0) is 33.8 Å². The summed E-state index contributed by atoms with van der Waals surface area (Å²) in [5.41, 5.74) is 0.915. The highest BCUT2D eigenvalue weighted by molar-refractivity contribution is 5.16. The maximum absolute atomic E-state index is 6.09. The lowest BCUT2D eigenvalue weighted by atomic mass is 9.95. The summed E-state index contributed by atoms with van der Waals surface area (Å²) in [5.74, 6) is -1.37. The SMILES string of the molecule is CC1(C)O[C@H]2[C@@H](O1)[C@H](c1ccoc1)O[C@@H]1OC(C)(C)O[C@@H]12. The van der Waals surface area contributed by atoms with Crippen LogP contribution in [0, 0.1) is 0 Å². The van der Waals surface area contributed by atoms with E-state index >= 15 is 0 Å². The molecule has 0 spiro atoms. The van der Waals surface area contributed by atoms with Crippen molar-refractivity contribution in [3.63, 3.8) is 0 Å². The standard InChI is InChI=1S/C15H20O6/c1-14(2)18-10-9(8-5-6-16-7-8)17-13-12(11(10)19-14)20-15(3,4)21-13/h5-7,9-13H,1-4H3/t9-,10-,11-,12+,13+/m0/s1. The third-order valence-electron chi connectivity index (χ3n) is 4.03. The zero-order chi connectivity index (χ0) is 14.8. The van der Waals surface area contributed by atoms with Crippen LogP contribution >= 0.6 is 0 Å². The molecule has 116 valence electrons. The summed E-state index contributed by atoms with van der Waals surface area (Å²) in [6.07, 6.45) is 1.73. The highest BCUT2D eigenvalue weighted by Gasteiger charge is 2.61. The Bertz CT molecular complexity index is 522. The van der Waals surface area contributed by atoms with Crippen LogP contribution in [0.4, 0.5) is 0 Å². The van der Waals surface area contributed by atoms with Gasteiger partial charge in [0, 0.05) is 5.56 Å². The maximum Gasteiger partial charge on any atom is 0.190 e. The van der Waals surface area contributed by atoms with E-state index in [2.05, 4.69) is 0 Å². The van der Waals surface area contributed by atoms with Gasteiger partial charge in [-0.15, -0.1) is 0 Å².